The monoisotopic (exact) mass is 229 g/mol. The third kappa shape index (κ3) is 5.28. The van der Waals surface area contributed by atoms with Crippen molar-refractivity contribution in [2.75, 3.05) is 26.9 Å². The van der Waals surface area contributed by atoms with E-state index in [1.807, 2.05) is 7.11 Å². The van der Waals surface area contributed by atoms with Crippen molar-refractivity contribution < 1.29 is 9.47 Å². The summed E-state index contributed by atoms with van der Waals surface area (Å²) >= 11 is 0. The summed E-state index contributed by atoms with van der Waals surface area (Å²) in [4.78, 5) is 0. The van der Waals surface area contributed by atoms with Gasteiger partial charge in [0.15, 0.2) is 0 Å². The molecule has 2 atom stereocenters. The van der Waals surface area contributed by atoms with Gasteiger partial charge in [-0.3, -0.25) is 0 Å². The second-order valence-corrected chi connectivity index (χ2v) is 5.06. The summed E-state index contributed by atoms with van der Waals surface area (Å²) in [5.41, 5.74) is 0. The van der Waals surface area contributed by atoms with E-state index in [2.05, 4.69) is 19.2 Å². The Labute approximate surface area is 99.9 Å². The average Bonchev–Trinajstić information content (AvgIpc) is 2.70. The van der Waals surface area contributed by atoms with Crippen LogP contribution in [-0.2, 0) is 9.47 Å². The maximum Gasteiger partial charge on any atom is 0.0724 e. The Hall–Kier alpha value is -0.120. The molecule has 0 radical (unpaired) electrons. The van der Waals surface area contributed by atoms with Crippen LogP contribution in [0.15, 0.2) is 0 Å². The third-order valence-corrected chi connectivity index (χ3v) is 3.25. The Bertz CT molecular complexity index is 173. The lowest BCUT2D eigenvalue weighted by Gasteiger charge is -2.19. The number of hydrogen-bond donors (Lipinski definition) is 1. The highest BCUT2D eigenvalue weighted by Gasteiger charge is 2.25. The SMILES string of the molecule is COC1CCCC1NCCOCCC(C)C. The molecule has 0 heterocycles. The van der Waals surface area contributed by atoms with Crippen LogP contribution in [0.5, 0.6) is 0 Å². The molecule has 1 aliphatic carbocycles. The minimum atomic E-state index is 0.413. The van der Waals surface area contributed by atoms with Gasteiger partial charge in [-0.15, -0.1) is 0 Å². The smallest absolute Gasteiger partial charge is 0.0724 e. The van der Waals surface area contributed by atoms with Crippen molar-refractivity contribution in [3.8, 4) is 0 Å². The van der Waals surface area contributed by atoms with E-state index in [1.54, 1.807) is 0 Å². The van der Waals surface area contributed by atoms with Crippen LogP contribution in [0.2, 0.25) is 0 Å². The summed E-state index contributed by atoms with van der Waals surface area (Å²) in [7, 11) is 1.81. The molecule has 0 amide bonds. The van der Waals surface area contributed by atoms with Crippen LogP contribution in [0.3, 0.4) is 0 Å². The molecular weight excluding hydrogens is 202 g/mol. The molecule has 0 spiro atoms. The van der Waals surface area contributed by atoms with Gasteiger partial charge >= 0.3 is 0 Å². The van der Waals surface area contributed by atoms with Crippen molar-refractivity contribution >= 4 is 0 Å². The molecule has 1 fully saturated rings. The maximum absolute atomic E-state index is 5.57. The second kappa shape index (κ2) is 8.04. The van der Waals surface area contributed by atoms with Gasteiger partial charge in [-0.05, 0) is 31.6 Å². The second-order valence-electron chi connectivity index (χ2n) is 5.06. The summed E-state index contributed by atoms with van der Waals surface area (Å²) in [6, 6.07) is 0.540. The molecule has 0 aromatic carbocycles. The number of hydrogen-bond acceptors (Lipinski definition) is 3. The zero-order chi connectivity index (χ0) is 11.8. The molecule has 1 rings (SSSR count). The molecule has 3 nitrogen and oxygen atoms in total. The first kappa shape index (κ1) is 13.9. The van der Waals surface area contributed by atoms with Gasteiger partial charge in [0.05, 0.1) is 12.7 Å². The standard InChI is InChI=1S/C13H27NO2/c1-11(2)7-9-16-10-8-14-12-5-4-6-13(12)15-3/h11-14H,4-10H2,1-3H3. The lowest BCUT2D eigenvalue weighted by molar-refractivity contribution is 0.0773. The highest BCUT2D eigenvalue weighted by molar-refractivity contribution is 4.83. The fourth-order valence-electron chi connectivity index (χ4n) is 2.18. The Morgan fingerprint density at radius 2 is 2.06 bits per heavy atom. The highest BCUT2D eigenvalue weighted by Crippen LogP contribution is 2.21. The summed E-state index contributed by atoms with van der Waals surface area (Å²) in [5.74, 6) is 0.737. The van der Waals surface area contributed by atoms with Crippen LogP contribution in [0, 0.1) is 5.92 Å². The van der Waals surface area contributed by atoms with Crippen LogP contribution in [0.1, 0.15) is 39.5 Å². The zero-order valence-electron chi connectivity index (χ0n) is 11.0. The van der Waals surface area contributed by atoms with Gasteiger partial charge in [-0.2, -0.15) is 0 Å². The van der Waals surface area contributed by atoms with Crippen LogP contribution in [-0.4, -0.2) is 39.0 Å². The molecule has 96 valence electrons. The van der Waals surface area contributed by atoms with Gasteiger partial charge in [0.2, 0.25) is 0 Å². The van der Waals surface area contributed by atoms with Crippen LogP contribution in [0.25, 0.3) is 0 Å². The van der Waals surface area contributed by atoms with E-state index in [0.717, 1.165) is 32.1 Å². The van der Waals surface area contributed by atoms with E-state index in [1.165, 1.54) is 19.3 Å². The van der Waals surface area contributed by atoms with Gasteiger partial charge < -0.3 is 14.8 Å². The Morgan fingerprint density at radius 3 is 2.75 bits per heavy atom. The zero-order valence-corrected chi connectivity index (χ0v) is 11.0. The lowest BCUT2D eigenvalue weighted by Crippen LogP contribution is -2.38. The summed E-state index contributed by atoms with van der Waals surface area (Å²) in [6.07, 6.45) is 5.29. The largest absolute Gasteiger partial charge is 0.380 e. The van der Waals surface area contributed by atoms with E-state index in [-0.39, 0.29) is 0 Å². The van der Waals surface area contributed by atoms with Gasteiger partial charge in [0.25, 0.3) is 0 Å². The molecule has 0 saturated heterocycles. The minimum absolute atomic E-state index is 0.413. The van der Waals surface area contributed by atoms with Gasteiger partial charge in [-0.1, -0.05) is 13.8 Å². The quantitative estimate of drug-likeness (QED) is 0.647. The normalized spacial score (nSPS) is 25.5. The first-order valence-electron chi connectivity index (χ1n) is 6.58. The predicted octanol–water partition coefficient (Wildman–Crippen LogP) is 2.21. The third-order valence-electron chi connectivity index (χ3n) is 3.25. The minimum Gasteiger partial charge on any atom is -0.380 e. The molecule has 1 aliphatic rings. The van der Waals surface area contributed by atoms with E-state index < -0.39 is 0 Å². The number of ether oxygens (including phenoxy) is 2. The van der Waals surface area contributed by atoms with Gasteiger partial charge in [0, 0.05) is 26.3 Å². The van der Waals surface area contributed by atoms with E-state index in [4.69, 9.17) is 9.47 Å². The fourth-order valence-corrected chi connectivity index (χ4v) is 2.18. The highest BCUT2D eigenvalue weighted by atomic mass is 16.5. The predicted molar refractivity (Wildman–Crippen MR) is 66.7 cm³/mol. The molecule has 0 aromatic rings. The first-order valence-corrected chi connectivity index (χ1v) is 6.58. The molecular formula is C13H27NO2. The first-order chi connectivity index (χ1) is 7.74. The lowest BCUT2D eigenvalue weighted by atomic mass is 10.1. The van der Waals surface area contributed by atoms with Gasteiger partial charge in [-0.25, -0.2) is 0 Å². The Kier molecular flexibility index (Phi) is 7.01. The summed E-state index contributed by atoms with van der Waals surface area (Å²) < 4.78 is 11.0. The van der Waals surface area contributed by atoms with Gasteiger partial charge in [0.1, 0.15) is 0 Å². The number of rotatable bonds is 8. The van der Waals surface area contributed by atoms with Crippen molar-refractivity contribution in [2.45, 2.75) is 51.7 Å². The van der Waals surface area contributed by atoms with Crippen molar-refractivity contribution in [1.29, 1.82) is 0 Å². The molecule has 2 unspecified atom stereocenters. The molecule has 1 saturated carbocycles. The molecule has 3 heteroatoms. The topological polar surface area (TPSA) is 30.5 Å². The molecule has 0 aromatic heterocycles. The number of methoxy groups -OCH3 is 1. The van der Waals surface area contributed by atoms with Crippen molar-refractivity contribution in [3.63, 3.8) is 0 Å². The number of nitrogens with one attached hydrogen (secondary N) is 1. The molecule has 0 aliphatic heterocycles. The molecule has 16 heavy (non-hydrogen) atoms. The van der Waals surface area contributed by atoms with Crippen LogP contribution >= 0.6 is 0 Å². The van der Waals surface area contributed by atoms with Crippen molar-refractivity contribution in [3.05, 3.63) is 0 Å². The fraction of sp³-hybridized carbons (Fsp3) is 1.00. The van der Waals surface area contributed by atoms with E-state index in [9.17, 15) is 0 Å². The Balaban J connectivity index is 1.94. The molecule has 1 N–H and O–H groups in total. The molecule has 0 bridgehead atoms. The van der Waals surface area contributed by atoms with Crippen molar-refractivity contribution in [1.82, 2.24) is 5.32 Å². The average molecular weight is 229 g/mol. The summed E-state index contributed by atoms with van der Waals surface area (Å²) in [6.45, 7) is 7.10. The maximum atomic E-state index is 5.57. The van der Waals surface area contributed by atoms with Crippen LogP contribution < -0.4 is 5.32 Å². The Morgan fingerprint density at radius 1 is 1.25 bits per heavy atom. The summed E-state index contributed by atoms with van der Waals surface area (Å²) in [5, 5.41) is 3.52. The van der Waals surface area contributed by atoms with Crippen molar-refractivity contribution in [2.24, 2.45) is 5.92 Å². The van der Waals surface area contributed by atoms with Crippen LogP contribution in [0.4, 0.5) is 0 Å². The van der Waals surface area contributed by atoms with E-state index >= 15 is 0 Å². The van der Waals surface area contributed by atoms with E-state index in [0.29, 0.717) is 12.1 Å².